The molecule has 0 spiro atoms. The Morgan fingerprint density at radius 3 is 2.78 bits per heavy atom. The summed E-state index contributed by atoms with van der Waals surface area (Å²) in [6.07, 6.45) is 5.60. The van der Waals surface area contributed by atoms with Crippen molar-refractivity contribution in [2.75, 3.05) is 19.6 Å². The van der Waals surface area contributed by atoms with Crippen molar-refractivity contribution in [3.8, 4) is 0 Å². The lowest BCUT2D eigenvalue weighted by Crippen LogP contribution is -2.44. The molecule has 2 aliphatic heterocycles. The molecular weight excluding hydrogens is 224 g/mol. The fourth-order valence-electron chi connectivity index (χ4n) is 3.26. The second-order valence-corrected chi connectivity index (χ2v) is 6.92. The number of carbonyl (C=O) groups excluding carboxylic acids is 1. The van der Waals surface area contributed by atoms with Gasteiger partial charge in [-0.3, -0.25) is 4.79 Å². The van der Waals surface area contributed by atoms with Crippen LogP contribution >= 0.6 is 0 Å². The maximum atomic E-state index is 12.6. The average Bonchev–Trinajstić information content (AvgIpc) is 2.49. The molecule has 0 aliphatic carbocycles. The second-order valence-electron chi connectivity index (χ2n) is 6.92. The molecule has 104 valence electrons. The summed E-state index contributed by atoms with van der Waals surface area (Å²) in [6, 6.07) is 0.496. The van der Waals surface area contributed by atoms with Crippen LogP contribution in [-0.4, -0.2) is 36.5 Å². The van der Waals surface area contributed by atoms with Crippen molar-refractivity contribution in [3.05, 3.63) is 0 Å². The first-order valence-corrected chi connectivity index (χ1v) is 7.50. The molecule has 1 amide bonds. The van der Waals surface area contributed by atoms with Gasteiger partial charge in [0.1, 0.15) is 0 Å². The van der Waals surface area contributed by atoms with Gasteiger partial charge in [-0.2, -0.15) is 0 Å². The van der Waals surface area contributed by atoms with Gasteiger partial charge < -0.3 is 10.2 Å². The van der Waals surface area contributed by atoms with Crippen LogP contribution in [-0.2, 0) is 4.79 Å². The molecule has 0 aromatic carbocycles. The highest BCUT2D eigenvalue weighted by molar-refractivity contribution is 5.79. The monoisotopic (exact) mass is 252 g/mol. The zero-order valence-electron chi connectivity index (χ0n) is 12.2. The summed E-state index contributed by atoms with van der Waals surface area (Å²) in [7, 11) is 0. The SMILES string of the molecule is C[C@H]1C[C@@H](C(=O)N2CCCC(C)(C)CC2)CCN1. The highest BCUT2D eigenvalue weighted by Crippen LogP contribution is 2.31. The van der Waals surface area contributed by atoms with E-state index in [0.29, 0.717) is 17.4 Å². The molecule has 0 bridgehead atoms. The third-order valence-corrected chi connectivity index (χ3v) is 4.62. The summed E-state index contributed by atoms with van der Waals surface area (Å²) in [5.74, 6) is 0.684. The Kier molecular flexibility index (Phi) is 4.31. The average molecular weight is 252 g/mol. The predicted octanol–water partition coefficient (Wildman–Crippen LogP) is 2.41. The van der Waals surface area contributed by atoms with Crippen LogP contribution in [0.1, 0.15) is 52.9 Å². The maximum Gasteiger partial charge on any atom is 0.225 e. The van der Waals surface area contributed by atoms with Crippen LogP contribution in [0.5, 0.6) is 0 Å². The van der Waals surface area contributed by atoms with Gasteiger partial charge in [0.25, 0.3) is 0 Å². The number of carbonyl (C=O) groups is 1. The summed E-state index contributed by atoms with van der Waals surface area (Å²) in [5, 5.41) is 3.42. The van der Waals surface area contributed by atoms with Crippen molar-refractivity contribution in [1.82, 2.24) is 10.2 Å². The Morgan fingerprint density at radius 2 is 2.06 bits per heavy atom. The largest absolute Gasteiger partial charge is 0.342 e. The van der Waals surface area contributed by atoms with E-state index in [9.17, 15) is 4.79 Å². The molecular formula is C15H28N2O. The summed E-state index contributed by atoms with van der Waals surface area (Å²) < 4.78 is 0. The zero-order valence-corrected chi connectivity index (χ0v) is 12.2. The first-order valence-electron chi connectivity index (χ1n) is 7.50. The molecule has 1 N–H and O–H groups in total. The van der Waals surface area contributed by atoms with E-state index in [-0.39, 0.29) is 5.92 Å². The van der Waals surface area contributed by atoms with E-state index >= 15 is 0 Å². The summed E-state index contributed by atoms with van der Waals surface area (Å²) >= 11 is 0. The molecule has 0 aromatic rings. The van der Waals surface area contributed by atoms with E-state index in [1.54, 1.807) is 0 Å². The van der Waals surface area contributed by atoms with Crippen LogP contribution in [0.3, 0.4) is 0 Å². The van der Waals surface area contributed by atoms with Gasteiger partial charge in [-0.25, -0.2) is 0 Å². The molecule has 2 atom stereocenters. The lowest BCUT2D eigenvalue weighted by Gasteiger charge is -2.32. The zero-order chi connectivity index (χ0) is 13.2. The third kappa shape index (κ3) is 3.47. The van der Waals surface area contributed by atoms with Crippen LogP contribution in [0.2, 0.25) is 0 Å². The van der Waals surface area contributed by atoms with Gasteiger partial charge in [-0.15, -0.1) is 0 Å². The molecule has 0 radical (unpaired) electrons. The lowest BCUT2D eigenvalue weighted by atomic mass is 9.85. The normalized spacial score (nSPS) is 32.9. The number of hydrogen-bond acceptors (Lipinski definition) is 2. The topological polar surface area (TPSA) is 32.3 Å². The molecule has 2 saturated heterocycles. The molecule has 18 heavy (non-hydrogen) atoms. The van der Waals surface area contributed by atoms with Crippen molar-refractivity contribution in [3.63, 3.8) is 0 Å². The third-order valence-electron chi connectivity index (χ3n) is 4.62. The number of nitrogens with zero attached hydrogens (tertiary/aromatic N) is 1. The molecule has 3 heteroatoms. The van der Waals surface area contributed by atoms with Crippen molar-refractivity contribution >= 4 is 5.91 Å². The lowest BCUT2D eigenvalue weighted by molar-refractivity contribution is -0.136. The van der Waals surface area contributed by atoms with Crippen molar-refractivity contribution in [2.24, 2.45) is 11.3 Å². The smallest absolute Gasteiger partial charge is 0.225 e. The Bertz CT molecular complexity index is 301. The Hall–Kier alpha value is -0.570. The molecule has 0 aromatic heterocycles. The van der Waals surface area contributed by atoms with E-state index < -0.39 is 0 Å². The first-order chi connectivity index (χ1) is 8.48. The number of likely N-dealkylation sites (tertiary alicyclic amines) is 1. The highest BCUT2D eigenvalue weighted by atomic mass is 16.2. The first kappa shape index (κ1) is 13.9. The Balaban J connectivity index is 1.92. The maximum absolute atomic E-state index is 12.6. The van der Waals surface area contributed by atoms with E-state index in [1.807, 2.05) is 0 Å². The molecule has 2 fully saturated rings. The minimum atomic E-state index is 0.266. The highest BCUT2D eigenvalue weighted by Gasteiger charge is 2.31. The van der Waals surface area contributed by atoms with Crippen molar-refractivity contribution in [2.45, 2.75) is 58.9 Å². The molecule has 0 saturated carbocycles. The van der Waals surface area contributed by atoms with Crippen LogP contribution in [0, 0.1) is 11.3 Å². The van der Waals surface area contributed by atoms with Gasteiger partial charge in [-0.1, -0.05) is 13.8 Å². The fraction of sp³-hybridized carbons (Fsp3) is 0.933. The van der Waals surface area contributed by atoms with Crippen LogP contribution in [0.15, 0.2) is 0 Å². The van der Waals surface area contributed by atoms with Gasteiger partial charge in [-0.05, 0) is 51.0 Å². The summed E-state index contributed by atoms with van der Waals surface area (Å²) in [4.78, 5) is 14.7. The number of nitrogens with one attached hydrogen (secondary N) is 1. The van der Waals surface area contributed by atoms with Crippen LogP contribution in [0.25, 0.3) is 0 Å². The van der Waals surface area contributed by atoms with Crippen LogP contribution < -0.4 is 5.32 Å². The number of amides is 1. The Morgan fingerprint density at radius 1 is 1.28 bits per heavy atom. The van der Waals surface area contributed by atoms with E-state index in [0.717, 1.165) is 38.9 Å². The standard InChI is InChI=1S/C15H28N2O/c1-12-11-13(5-8-16-12)14(18)17-9-4-6-15(2,3)7-10-17/h12-13,16H,4-11H2,1-3H3/t12-,13-/m0/s1. The number of rotatable bonds is 1. The summed E-state index contributed by atoms with van der Waals surface area (Å²) in [5.41, 5.74) is 0.413. The quantitative estimate of drug-likeness (QED) is 0.777. The van der Waals surface area contributed by atoms with Gasteiger partial charge >= 0.3 is 0 Å². The van der Waals surface area contributed by atoms with Gasteiger partial charge in [0.15, 0.2) is 0 Å². The number of piperidine rings is 1. The minimum Gasteiger partial charge on any atom is -0.342 e. The molecule has 3 nitrogen and oxygen atoms in total. The van der Waals surface area contributed by atoms with Crippen LogP contribution in [0.4, 0.5) is 0 Å². The fourth-order valence-corrected chi connectivity index (χ4v) is 3.26. The Labute approximate surface area is 111 Å². The predicted molar refractivity (Wildman–Crippen MR) is 74.4 cm³/mol. The van der Waals surface area contributed by atoms with E-state index in [4.69, 9.17) is 0 Å². The minimum absolute atomic E-state index is 0.266. The van der Waals surface area contributed by atoms with Gasteiger partial charge in [0, 0.05) is 25.0 Å². The molecule has 2 heterocycles. The van der Waals surface area contributed by atoms with Crippen molar-refractivity contribution < 1.29 is 4.79 Å². The van der Waals surface area contributed by atoms with E-state index in [2.05, 4.69) is 31.0 Å². The van der Waals surface area contributed by atoms with E-state index in [1.165, 1.54) is 12.8 Å². The number of hydrogen-bond donors (Lipinski definition) is 1. The molecule has 2 aliphatic rings. The molecule has 2 rings (SSSR count). The van der Waals surface area contributed by atoms with Gasteiger partial charge in [0.2, 0.25) is 5.91 Å². The second kappa shape index (κ2) is 5.60. The van der Waals surface area contributed by atoms with Crippen molar-refractivity contribution in [1.29, 1.82) is 0 Å². The van der Waals surface area contributed by atoms with Gasteiger partial charge in [0.05, 0.1) is 0 Å². The molecule has 0 unspecified atom stereocenters. The summed E-state index contributed by atoms with van der Waals surface area (Å²) in [6.45, 7) is 9.77.